The number of rotatable bonds is 2. The van der Waals surface area contributed by atoms with Gasteiger partial charge in [-0.05, 0) is 24.9 Å². The van der Waals surface area contributed by atoms with Gasteiger partial charge in [0.1, 0.15) is 0 Å². The van der Waals surface area contributed by atoms with Crippen LogP contribution in [0, 0.1) is 0 Å². The Morgan fingerprint density at radius 1 is 1.67 bits per heavy atom. The van der Waals surface area contributed by atoms with Crippen LogP contribution >= 0.6 is 16.5 Å². The van der Waals surface area contributed by atoms with Crippen molar-refractivity contribution >= 4 is 16.5 Å². The fourth-order valence-electron chi connectivity index (χ4n) is 0.452. The molecule has 0 spiro atoms. The molecule has 0 bridgehead atoms. The second-order valence-electron chi connectivity index (χ2n) is 1.63. The molecule has 0 aromatic heterocycles. The third-order valence-electron chi connectivity index (χ3n) is 0.922. The summed E-state index contributed by atoms with van der Waals surface area (Å²) in [6.45, 7) is 2.31. The lowest BCUT2D eigenvalue weighted by Crippen LogP contribution is -1.50. The van der Waals surface area contributed by atoms with Gasteiger partial charge in [-0.1, -0.05) is 0 Å². The summed E-state index contributed by atoms with van der Waals surface area (Å²) >= 11 is 0. The normalized spacial score (nSPS) is 23.5. The van der Waals surface area contributed by atoms with E-state index in [-0.39, 0.29) is 0 Å². The molecule has 6 heavy (non-hydrogen) atoms. The molecule has 0 amide bonds. The average Bonchev–Trinajstić information content (AvgIpc) is 2.21. The van der Waals surface area contributed by atoms with Gasteiger partial charge in [0.15, 0.2) is 0 Å². The maximum absolute atomic E-state index is 2.31. The van der Waals surface area contributed by atoms with Crippen LogP contribution in [0.1, 0.15) is 0 Å². The minimum atomic E-state index is 0.662. The van der Waals surface area contributed by atoms with Crippen molar-refractivity contribution in [2.24, 2.45) is 0 Å². The highest BCUT2D eigenvalue weighted by molar-refractivity contribution is 7.73. The zero-order chi connectivity index (χ0) is 4.41. The van der Waals surface area contributed by atoms with Crippen LogP contribution in [0.25, 0.3) is 0 Å². The van der Waals surface area contributed by atoms with Crippen molar-refractivity contribution < 1.29 is 0 Å². The van der Waals surface area contributed by atoms with Crippen molar-refractivity contribution in [2.75, 3.05) is 24.9 Å². The summed E-state index contributed by atoms with van der Waals surface area (Å²) in [5, 5.41) is 0. The van der Waals surface area contributed by atoms with Gasteiger partial charge in [-0.15, -0.1) is 16.5 Å². The lowest BCUT2D eigenvalue weighted by molar-refractivity contribution is 1.75. The monoisotopic (exact) mass is 120 g/mol. The summed E-state index contributed by atoms with van der Waals surface area (Å²) < 4.78 is 0. The van der Waals surface area contributed by atoms with Crippen molar-refractivity contribution in [1.29, 1.82) is 0 Å². The van der Waals surface area contributed by atoms with Crippen LogP contribution in [0.2, 0.25) is 0 Å². The molecule has 0 N–H and O–H groups in total. The predicted octanol–water partition coefficient (Wildman–Crippen LogP) is 1.75. The van der Waals surface area contributed by atoms with E-state index in [1.165, 1.54) is 8.58 Å². The molecule has 0 aromatic rings. The van der Waals surface area contributed by atoms with Gasteiger partial charge < -0.3 is 0 Å². The zero-order valence-corrected chi connectivity index (χ0v) is 5.96. The van der Waals surface area contributed by atoms with E-state index in [0.29, 0.717) is 7.92 Å². The van der Waals surface area contributed by atoms with Crippen molar-refractivity contribution in [3.63, 3.8) is 0 Å². The highest BCUT2D eigenvalue weighted by atomic mass is 31.2. The minimum absolute atomic E-state index is 0.662. The third-order valence-corrected chi connectivity index (χ3v) is 5.05. The molecule has 0 nitrogen and oxygen atoms in total. The summed E-state index contributed by atoms with van der Waals surface area (Å²) in [5.41, 5.74) is 0. The van der Waals surface area contributed by atoms with E-state index < -0.39 is 0 Å². The Kier molecular flexibility index (Phi) is 1.87. The first-order valence-electron chi connectivity index (χ1n) is 2.30. The second kappa shape index (κ2) is 2.24. The van der Waals surface area contributed by atoms with Crippen molar-refractivity contribution in [1.82, 2.24) is 0 Å². The largest absolute Gasteiger partial charge is 0.121 e. The molecule has 1 unspecified atom stereocenters. The topological polar surface area (TPSA) is 0 Å². The first-order chi connectivity index (χ1) is 2.93. The first kappa shape index (κ1) is 5.01. The molecule has 1 saturated heterocycles. The Hall–Kier alpha value is 0.860. The van der Waals surface area contributed by atoms with Crippen molar-refractivity contribution in [3.8, 4) is 0 Å². The lowest BCUT2D eigenvalue weighted by atomic mass is 11.0. The molecule has 1 aliphatic heterocycles. The fraction of sp³-hybridized carbons (Fsp3) is 1.00. The van der Waals surface area contributed by atoms with Crippen LogP contribution < -0.4 is 0 Å². The molecular formula is C4H10P2. The highest BCUT2D eigenvalue weighted by Crippen LogP contribution is 2.53. The molecule has 0 saturated carbocycles. The van der Waals surface area contributed by atoms with Gasteiger partial charge in [0.2, 0.25) is 0 Å². The molecular weight excluding hydrogens is 110 g/mol. The van der Waals surface area contributed by atoms with Gasteiger partial charge in [0.25, 0.3) is 0 Å². The SMILES string of the molecule is CPCP1CC1. The fourth-order valence-corrected chi connectivity index (χ4v) is 4.07. The summed E-state index contributed by atoms with van der Waals surface area (Å²) in [7, 11) is 1.89. The first-order valence-corrected chi connectivity index (χ1v) is 5.91. The summed E-state index contributed by atoms with van der Waals surface area (Å²) in [4.78, 5) is 0. The maximum Gasteiger partial charge on any atom is -0.0150 e. The number of hydrogen-bond donors (Lipinski definition) is 0. The van der Waals surface area contributed by atoms with E-state index >= 15 is 0 Å². The van der Waals surface area contributed by atoms with E-state index in [1.807, 2.05) is 0 Å². The van der Waals surface area contributed by atoms with Crippen LogP contribution in [0.15, 0.2) is 0 Å². The van der Waals surface area contributed by atoms with Crippen LogP contribution in [0.4, 0.5) is 0 Å². The van der Waals surface area contributed by atoms with Gasteiger partial charge >= 0.3 is 0 Å². The Morgan fingerprint density at radius 2 is 2.33 bits per heavy atom. The molecule has 1 rings (SSSR count). The van der Waals surface area contributed by atoms with E-state index in [1.54, 1.807) is 18.2 Å². The van der Waals surface area contributed by atoms with Crippen LogP contribution in [0.3, 0.4) is 0 Å². The third kappa shape index (κ3) is 1.54. The minimum Gasteiger partial charge on any atom is -0.121 e. The molecule has 1 atom stereocenters. The summed E-state index contributed by atoms with van der Waals surface area (Å²) in [6.07, 6.45) is 3.19. The molecule has 1 fully saturated rings. The number of hydrogen-bond acceptors (Lipinski definition) is 0. The Balaban J connectivity index is 1.88. The molecule has 1 aliphatic rings. The Morgan fingerprint density at radius 3 is 2.50 bits per heavy atom. The van der Waals surface area contributed by atoms with Gasteiger partial charge in [0, 0.05) is 0 Å². The molecule has 0 aromatic carbocycles. The standard InChI is InChI=1S/C4H10P2/c1-5-4-6-2-3-6/h5H,2-4H2,1H3. The summed E-state index contributed by atoms with van der Waals surface area (Å²) in [6, 6.07) is 0. The zero-order valence-electron chi connectivity index (χ0n) is 4.07. The van der Waals surface area contributed by atoms with Crippen LogP contribution in [-0.4, -0.2) is 24.9 Å². The lowest BCUT2D eigenvalue weighted by Gasteiger charge is -1.84. The van der Waals surface area contributed by atoms with Gasteiger partial charge in [-0.3, -0.25) is 0 Å². The predicted molar refractivity (Wildman–Crippen MR) is 35.8 cm³/mol. The van der Waals surface area contributed by atoms with Crippen molar-refractivity contribution in [2.45, 2.75) is 0 Å². The van der Waals surface area contributed by atoms with Crippen LogP contribution in [0.5, 0.6) is 0 Å². The smallest absolute Gasteiger partial charge is 0.0150 e. The second-order valence-corrected chi connectivity index (χ2v) is 5.84. The summed E-state index contributed by atoms with van der Waals surface area (Å²) in [5.74, 6) is 1.58. The van der Waals surface area contributed by atoms with E-state index in [0.717, 1.165) is 0 Å². The molecule has 36 valence electrons. The van der Waals surface area contributed by atoms with Crippen LogP contribution in [-0.2, 0) is 0 Å². The van der Waals surface area contributed by atoms with E-state index in [4.69, 9.17) is 0 Å². The maximum atomic E-state index is 2.31. The Labute approximate surface area is 42.2 Å². The molecule has 1 heterocycles. The highest BCUT2D eigenvalue weighted by Gasteiger charge is 2.17. The van der Waals surface area contributed by atoms with Gasteiger partial charge in [0.05, 0.1) is 0 Å². The van der Waals surface area contributed by atoms with Gasteiger partial charge in [-0.25, -0.2) is 0 Å². The van der Waals surface area contributed by atoms with Gasteiger partial charge in [-0.2, -0.15) is 0 Å². The molecule has 0 radical (unpaired) electrons. The average molecular weight is 120 g/mol. The van der Waals surface area contributed by atoms with E-state index in [2.05, 4.69) is 6.66 Å². The quantitative estimate of drug-likeness (QED) is 0.487. The molecule has 0 aliphatic carbocycles. The molecule has 2 heteroatoms. The van der Waals surface area contributed by atoms with Crippen molar-refractivity contribution in [3.05, 3.63) is 0 Å². The van der Waals surface area contributed by atoms with E-state index in [9.17, 15) is 0 Å². The Bertz CT molecular complexity index is 40.8.